The molecule has 2 heterocycles. The second kappa shape index (κ2) is 7.69. The molecule has 8 heteroatoms. The lowest BCUT2D eigenvalue weighted by atomic mass is 9.95. The highest BCUT2D eigenvalue weighted by Crippen LogP contribution is 2.41. The molecule has 1 aliphatic rings. The predicted octanol–water partition coefficient (Wildman–Crippen LogP) is 2.45. The van der Waals surface area contributed by atoms with Gasteiger partial charge in [0.2, 0.25) is 5.75 Å². The van der Waals surface area contributed by atoms with Crippen LogP contribution in [0.4, 0.5) is 0 Å². The lowest BCUT2D eigenvalue weighted by Gasteiger charge is -2.18. The third kappa shape index (κ3) is 3.28. The van der Waals surface area contributed by atoms with Crippen LogP contribution in [0.2, 0.25) is 0 Å². The molecule has 0 saturated heterocycles. The van der Waals surface area contributed by atoms with Crippen molar-refractivity contribution in [3.8, 4) is 17.2 Å². The van der Waals surface area contributed by atoms with Crippen molar-refractivity contribution in [2.75, 3.05) is 21.3 Å². The van der Waals surface area contributed by atoms with Crippen LogP contribution in [0.1, 0.15) is 35.6 Å². The molecule has 1 aromatic carbocycles. The van der Waals surface area contributed by atoms with E-state index < -0.39 is 0 Å². The first kappa shape index (κ1) is 19.2. The van der Waals surface area contributed by atoms with E-state index in [1.807, 2.05) is 6.92 Å². The van der Waals surface area contributed by atoms with Crippen LogP contribution in [-0.4, -0.2) is 40.8 Å². The summed E-state index contributed by atoms with van der Waals surface area (Å²) < 4.78 is 17.7. The summed E-state index contributed by atoms with van der Waals surface area (Å²) in [5.74, 6) is 1.81. The van der Waals surface area contributed by atoms with E-state index in [4.69, 9.17) is 19.2 Å². The lowest BCUT2D eigenvalue weighted by molar-refractivity contribution is 0.326. The Labute approximate surface area is 168 Å². The number of hydrogen-bond donors (Lipinski definition) is 0. The number of aromatic nitrogens is 4. The Hall–Kier alpha value is -3.16. The van der Waals surface area contributed by atoms with Crippen molar-refractivity contribution < 1.29 is 14.2 Å². The van der Waals surface area contributed by atoms with Crippen LogP contribution < -0.4 is 19.8 Å². The third-order valence-electron chi connectivity index (χ3n) is 5.37. The zero-order valence-electron chi connectivity index (χ0n) is 17.1. The Morgan fingerprint density at radius 1 is 1.03 bits per heavy atom. The van der Waals surface area contributed by atoms with Crippen LogP contribution in [0.25, 0.3) is 10.9 Å². The van der Waals surface area contributed by atoms with Crippen LogP contribution >= 0.6 is 0 Å². The number of rotatable bonds is 5. The maximum Gasteiger partial charge on any atom is 0.261 e. The topological polar surface area (TPSA) is 88.4 Å². The zero-order chi connectivity index (χ0) is 20.5. The molecule has 0 bridgehead atoms. The van der Waals surface area contributed by atoms with Crippen LogP contribution in [0.5, 0.6) is 17.2 Å². The Bertz CT molecular complexity index is 1140. The Balaban J connectivity index is 1.81. The van der Waals surface area contributed by atoms with Crippen molar-refractivity contribution in [2.24, 2.45) is 0 Å². The van der Waals surface area contributed by atoms with Crippen LogP contribution in [-0.2, 0) is 19.4 Å². The van der Waals surface area contributed by atoms with Gasteiger partial charge in [0.05, 0.1) is 39.6 Å². The minimum atomic E-state index is -0.215. The molecule has 0 N–H and O–H groups in total. The van der Waals surface area contributed by atoms with Crippen molar-refractivity contribution in [1.29, 1.82) is 0 Å². The fraction of sp³-hybridized carbons (Fsp3) is 0.429. The van der Waals surface area contributed by atoms with E-state index in [0.717, 1.165) is 30.7 Å². The molecular formula is C21H24N4O4. The van der Waals surface area contributed by atoms with Gasteiger partial charge in [-0.2, -0.15) is 0 Å². The zero-order valence-corrected chi connectivity index (χ0v) is 17.1. The van der Waals surface area contributed by atoms with E-state index in [1.54, 1.807) is 6.07 Å². The first-order valence-electron chi connectivity index (χ1n) is 9.60. The highest BCUT2D eigenvalue weighted by Gasteiger charge is 2.20. The molecule has 0 aliphatic heterocycles. The SMILES string of the molecule is COc1cc2c(=O)n(Cc3nc(C)c4c(n3)CCCC4)cnc2c(OC)c1OC. The molecule has 29 heavy (non-hydrogen) atoms. The van der Waals surface area contributed by atoms with Gasteiger partial charge in [0, 0.05) is 11.4 Å². The van der Waals surface area contributed by atoms with Gasteiger partial charge >= 0.3 is 0 Å². The van der Waals surface area contributed by atoms with E-state index in [-0.39, 0.29) is 12.1 Å². The van der Waals surface area contributed by atoms with E-state index in [2.05, 4.69) is 9.97 Å². The Morgan fingerprint density at radius 3 is 2.52 bits per heavy atom. The Kier molecular flexibility index (Phi) is 5.08. The number of nitrogens with zero attached hydrogens (tertiary/aromatic N) is 4. The van der Waals surface area contributed by atoms with Gasteiger partial charge in [0.1, 0.15) is 11.3 Å². The van der Waals surface area contributed by atoms with Crippen molar-refractivity contribution in [2.45, 2.75) is 39.2 Å². The number of fused-ring (bicyclic) bond motifs is 2. The fourth-order valence-electron chi connectivity index (χ4n) is 3.95. The van der Waals surface area contributed by atoms with Gasteiger partial charge < -0.3 is 14.2 Å². The van der Waals surface area contributed by atoms with Crippen molar-refractivity contribution >= 4 is 10.9 Å². The van der Waals surface area contributed by atoms with Crippen molar-refractivity contribution in [3.05, 3.63) is 45.5 Å². The highest BCUT2D eigenvalue weighted by atomic mass is 16.5. The maximum absolute atomic E-state index is 13.2. The summed E-state index contributed by atoms with van der Waals surface area (Å²) in [5.41, 5.74) is 3.57. The summed E-state index contributed by atoms with van der Waals surface area (Å²) >= 11 is 0. The maximum atomic E-state index is 13.2. The molecule has 1 aliphatic carbocycles. The largest absolute Gasteiger partial charge is 0.493 e. The normalized spacial score (nSPS) is 13.2. The van der Waals surface area contributed by atoms with Gasteiger partial charge in [0.25, 0.3) is 5.56 Å². The van der Waals surface area contributed by atoms with Gasteiger partial charge in [0.15, 0.2) is 11.5 Å². The molecule has 0 fully saturated rings. The molecule has 152 valence electrons. The third-order valence-corrected chi connectivity index (χ3v) is 5.37. The van der Waals surface area contributed by atoms with Crippen molar-refractivity contribution in [3.63, 3.8) is 0 Å². The summed E-state index contributed by atoms with van der Waals surface area (Å²) in [6.45, 7) is 2.27. The fourth-order valence-corrected chi connectivity index (χ4v) is 3.95. The van der Waals surface area contributed by atoms with Crippen LogP contribution in [0.15, 0.2) is 17.2 Å². The standard InChI is InChI=1S/C21H24N4O4/c1-12-13-7-5-6-8-15(13)24-17(23-12)10-25-11-22-18-14(21(25)26)9-16(27-2)19(28-3)20(18)29-4/h9,11H,5-8,10H2,1-4H3. The van der Waals surface area contributed by atoms with E-state index >= 15 is 0 Å². The number of methoxy groups -OCH3 is 3. The van der Waals surface area contributed by atoms with Crippen molar-refractivity contribution in [1.82, 2.24) is 19.5 Å². The first-order valence-corrected chi connectivity index (χ1v) is 9.60. The first-order chi connectivity index (χ1) is 14.1. The predicted molar refractivity (Wildman–Crippen MR) is 108 cm³/mol. The molecular weight excluding hydrogens is 372 g/mol. The Morgan fingerprint density at radius 2 is 1.79 bits per heavy atom. The number of benzene rings is 1. The lowest BCUT2D eigenvalue weighted by Crippen LogP contribution is -2.23. The number of hydrogen-bond acceptors (Lipinski definition) is 7. The van der Waals surface area contributed by atoms with Gasteiger partial charge in [-0.25, -0.2) is 15.0 Å². The molecule has 4 rings (SSSR count). The quantitative estimate of drug-likeness (QED) is 0.654. The van der Waals surface area contributed by atoms with E-state index in [1.165, 1.54) is 44.2 Å². The van der Waals surface area contributed by atoms with Crippen LogP contribution in [0.3, 0.4) is 0 Å². The molecule has 0 saturated carbocycles. The minimum Gasteiger partial charge on any atom is -0.493 e. The number of ether oxygens (including phenoxy) is 3. The summed E-state index contributed by atoms with van der Waals surface area (Å²) in [6, 6.07) is 1.63. The number of aryl methyl sites for hydroxylation is 2. The molecule has 0 unspecified atom stereocenters. The van der Waals surface area contributed by atoms with Gasteiger partial charge in [-0.15, -0.1) is 0 Å². The molecule has 0 spiro atoms. The highest BCUT2D eigenvalue weighted by molar-refractivity contribution is 5.89. The summed E-state index contributed by atoms with van der Waals surface area (Å²) in [6.07, 6.45) is 5.81. The van der Waals surface area contributed by atoms with Crippen LogP contribution in [0, 0.1) is 6.92 Å². The molecule has 8 nitrogen and oxygen atoms in total. The van der Waals surface area contributed by atoms with Gasteiger partial charge in [-0.3, -0.25) is 9.36 Å². The minimum absolute atomic E-state index is 0.215. The summed E-state index contributed by atoms with van der Waals surface area (Å²) in [4.78, 5) is 27.0. The smallest absolute Gasteiger partial charge is 0.261 e. The van der Waals surface area contributed by atoms with E-state index in [0.29, 0.717) is 34.0 Å². The average molecular weight is 396 g/mol. The molecule has 2 aromatic heterocycles. The molecule has 0 atom stereocenters. The molecule has 3 aromatic rings. The monoisotopic (exact) mass is 396 g/mol. The van der Waals surface area contributed by atoms with E-state index in [9.17, 15) is 4.79 Å². The average Bonchev–Trinajstić information content (AvgIpc) is 2.74. The summed E-state index contributed by atoms with van der Waals surface area (Å²) in [5, 5.41) is 0.386. The second-order valence-electron chi connectivity index (χ2n) is 7.08. The molecule has 0 radical (unpaired) electrons. The second-order valence-corrected chi connectivity index (χ2v) is 7.08. The van der Waals surface area contributed by atoms with Gasteiger partial charge in [-0.1, -0.05) is 0 Å². The molecule has 0 amide bonds. The van der Waals surface area contributed by atoms with Gasteiger partial charge in [-0.05, 0) is 44.2 Å². The summed E-state index contributed by atoms with van der Waals surface area (Å²) in [7, 11) is 4.54.